The van der Waals surface area contributed by atoms with Crippen LogP contribution in [0.2, 0.25) is 0 Å². The first kappa shape index (κ1) is 19.9. The van der Waals surface area contributed by atoms with Gasteiger partial charge in [-0.25, -0.2) is 4.98 Å². The number of hydrogen-bond acceptors (Lipinski definition) is 6. The van der Waals surface area contributed by atoms with Gasteiger partial charge < -0.3 is 20.4 Å². The number of carbonyl (C=O) groups excluding carboxylic acids is 2. The third-order valence-corrected chi connectivity index (χ3v) is 4.73. The van der Waals surface area contributed by atoms with E-state index in [4.69, 9.17) is 4.74 Å². The Labute approximate surface area is 166 Å². The molecule has 1 aromatic heterocycles. The third kappa shape index (κ3) is 6.12. The number of ether oxygens (including phenoxy) is 1. The number of benzene rings is 1. The minimum absolute atomic E-state index is 0.0436. The maximum absolute atomic E-state index is 12.2. The number of carbonyl (C=O) groups is 2. The fraction of sp³-hybridized carbons (Fsp3) is 0.368. The van der Waals surface area contributed by atoms with E-state index in [-0.39, 0.29) is 35.6 Å². The summed E-state index contributed by atoms with van der Waals surface area (Å²) in [5.41, 5.74) is 0.613. The smallest absolute Gasteiger partial charge is 0.251 e. The van der Waals surface area contributed by atoms with Gasteiger partial charge in [-0.05, 0) is 31.9 Å². The van der Waals surface area contributed by atoms with Gasteiger partial charge in [0.15, 0.2) is 5.16 Å². The summed E-state index contributed by atoms with van der Waals surface area (Å²) < 4.78 is 5.48. The summed E-state index contributed by atoms with van der Waals surface area (Å²) in [6.45, 7) is 2.36. The Kier molecular flexibility index (Phi) is 6.70. The maximum Gasteiger partial charge on any atom is 0.251 e. The van der Waals surface area contributed by atoms with Crippen molar-refractivity contribution < 1.29 is 14.3 Å². The molecule has 9 heteroatoms. The molecule has 0 unspecified atom stereocenters. The van der Waals surface area contributed by atoms with E-state index >= 15 is 0 Å². The van der Waals surface area contributed by atoms with Crippen molar-refractivity contribution in [3.8, 4) is 5.75 Å². The summed E-state index contributed by atoms with van der Waals surface area (Å²) in [7, 11) is 0. The highest BCUT2D eigenvalue weighted by atomic mass is 32.2. The van der Waals surface area contributed by atoms with E-state index < -0.39 is 0 Å². The predicted molar refractivity (Wildman–Crippen MR) is 107 cm³/mol. The molecule has 2 amide bonds. The molecule has 8 nitrogen and oxygen atoms in total. The summed E-state index contributed by atoms with van der Waals surface area (Å²) in [5.74, 6) is 0.248. The van der Waals surface area contributed by atoms with Crippen LogP contribution in [0.3, 0.4) is 0 Å². The van der Waals surface area contributed by atoms with Gasteiger partial charge in [-0.1, -0.05) is 23.9 Å². The van der Waals surface area contributed by atoms with E-state index in [0.717, 1.165) is 24.6 Å². The molecule has 3 N–H and O–H groups in total. The standard InChI is InChI=1S/C19H22N4O4S/c1-2-27-15-6-4-3-5-14(15)22-18(26)11-28-19-21-13(10-17(25)23-19)9-16(24)20-12-7-8-12/h3-6,10,12H,2,7-9,11H2,1H3,(H,20,24)(H,22,26)(H,21,23,25). The summed E-state index contributed by atoms with van der Waals surface area (Å²) in [4.78, 5) is 42.8. The number of aromatic nitrogens is 2. The van der Waals surface area contributed by atoms with Gasteiger partial charge in [-0.15, -0.1) is 0 Å². The van der Waals surface area contributed by atoms with Crippen molar-refractivity contribution in [1.82, 2.24) is 15.3 Å². The van der Waals surface area contributed by atoms with Crippen molar-refractivity contribution >= 4 is 29.3 Å². The van der Waals surface area contributed by atoms with Crippen molar-refractivity contribution in [3.05, 3.63) is 46.4 Å². The highest BCUT2D eigenvalue weighted by molar-refractivity contribution is 7.99. The number of hydrogen-bond donors (Lipinski definition) is 3. The number of anilines is 1. The lowest BCUT2D eigenvalue weighted by Gasteiger charge is -2.11. The molecule has 0 bridgehead atoms. The molecule has 0 spiro atoms. The highest BCUT2D eigenvalue weighted by Crippen LogP contribution is 2.24. The third-order valence-electron chi connectivity index (χ3n) is 3.86. The van der Waals surface area contributed by atoms with Gasteiger partial charge in [0, 0.05) is 12.1 Å². The molecule has 1 heterocycles. The molecule has 0 aliphatic heterocycles. The number of thioether (sulfide) groups is 1. The summed E-state index contributed by atoms with van der Waals surface area (Å²) >= 11 is 1.10. The molecular weight excluding hydrogens is 380 g/mol. The molecule has 0 atom stereocenters. The number of aromatic amines is 1. The second kappa shape index (κ2) is 9.41. The first-order valence-corrected chi connectivity index (χ1v) is 10.1. The molecule has 28 heavy (non-hydrogen) atoms. The minimum Gasteiger partial charge on any atom is -0.492 e. The molecule has 148 valence electrons. The van der Waals surface area contributed by atoms with E-state index in [9.17, 15) is 14.4 Å². The second-order valence-electron chi connectivity index (χ2n) is 6.33. The molecule has 3 rings (SSSR count). The summed E-state index contributed by atoms with van der Waals surface area (Å²) in [6.07, 6.45) is 2.04. The SMILES string of the molecule is CCOc1ccccc1NC(=O)CSc1nc(CC(=O)NC2CC2)cc(=O)[nH]1. The van der Waals surface area contributed by atoms with Crippen LogP contribution in [0, 0.1) is 0 Å². The highest BCUT2D eigenvalue weighted by Gasteiger charge is 2.23. The Morgan fingerprint density at radius 1 is 1.29 bits per heavy atom. The second-order valence-corrected chi connectivity index (χ2v) is 7.29. The van der Waals surface area contributed by atoms with Crippen LogP contribution >= 0.6 is 11.8 Å². The van der Waals surface area contributed by atoms with E-state index in [0.29, 0.717) is 28.9 Å². The monoisotopic (exact) mass is 402 g/mol. The number of amides is 2. The van der Waals surface area contributed by atoms with Crippen molar-refractivity contribution in [2.24, 2.45) is 0 Å². The van der Waals surface area contributed by atoms with Gasteiger partial charge in [-0.3, -0.25) is 14.4 Å². The summed E-state index contributed by atoms with van der Waals surface area (Å²) in [5, 5.41) is 5.95. The average molecular weight is 402 g/mol. The molecule has 0 saturated heterocycles. The van der Waals surface area contributed by atoms with E-state index in [1.54, 1.807) is 18.2 Å². The van der Waals surface area contributed by atoms with Gasteiger partial charge in [0.25, 0.3) is 5.56 Å². The molecule has 0 radical (unpaired) electrons. The fourth-order valence-electron chi connectivity index (χ4n) is 2.48. The topological polar surface area (TPSA) is 113 Å². The Morgan fingerprint density at radius 2 is 2.07 bits per heavy atom. The zero-order valence-electron chi connectivity index (χ0n) is 15.5. The lowest BCUT2D eigenvalue weighted by atomic mass is 10.3. The Hall–Kier alpha value is -2.81. The van der Waals surface area contributed by atoms with Crippen LogP contribution in [0.15, 0.2) is 40.3 Å². The zero-order valence-corrected chi connectivity index (χ0v) is 16.3. The molecule has 1 saturated carbocycles. The number of H-pyrrole nitrogens is 1. The van der Waals surface area contributed by atoms with Gasteiger partial charge in [0.05, 0.1) is 30.2 Å². The van der Waals surface area contributed by atoms with Crippen LogP contribution in [0.25, 0.3) is 0 Å². The normalized spacial score (nSPS) is 13.0. The average Bonchev–Trinajstić information content (AvgIpc) is 3.45. The summed E-state index contributed by atoms with van der Waals surface area (Å²) in [6, 6.07) is 8.73. The van der Waals surface area contributed by atoms with Crippen molar-refractivity contribution in [1.29, 1.82) is 0 Å². The quantitative estimate of drug-likeness (QED) is 0.435. The predicted octanol–water partition coefficient (Wildman–Crippen LogP) is 1.72. The van der Waals surface area contributed by atoms with Crippen LogP contribution < -0.4 is 20.9 Å². The maximum atomic E-state index is 12.2. The lowest BCUT2D eigenvalue weighted by Crippen LogP contribution is -2.28. The number of nitrogens with zero attached hydrogens (tertiary/aromatic N) is 1. The first-order valence-electron chi connectivity index (χ1n) is 9.07. The lowest BCUT2D eigenvalue weighted by molar-refractivity contribution is -0.120. The molecule has 1 aliphatic carbocycles. The van der Waals surface area contributed by atoms with Crippen molar-refractivity contribution in [3.63, 3.8) is 0 Å². The van der Waals surface area contributed by atoms with Crippen LogP contribution in [-0.4, -0.2) is 40.2 Å². The molecule has 1 fully saturated rings. The first-order chi connectivity index (χ1) is 13.5. The Balaban J connectivity index is 1.57. The molecular formula is C19H22N4O4S. The molecule has 1 aliphatic rings. The van der Waals surface area contributed by atoms with Gasteiger partial charge >= 0.3 is 0 Å². The van der Waals surface area contributed by atoms with Crippen LogP contribution in [0.1, 0.15) is 25.5 Å². The number of nitrogens with one attached hydrogen (secondary N) is 3. The Morgan fingerprint density at radius 3 is 2.82 bits per heavy atom. The van der Waals surface area contributed by atoms with Gasteiger partial charge in [0.2, 0.25) is 11.8 Å². The van der Waals surface area contributed by atoms with Crippen molar-refractivity contribution in [2.45, 2.75) is 37.4 Å². The van der Waals surface area contributed by atoms with Gasteiger partial charge in [0.1, 0.15) is 5.75 Å². The number of rotatable bonds is 9. The van der Waals surface area contributed by atoms with E-state index in [1.807, 2.05) is 13.0 Å². The minimum atomic E-state index is -0.353. The molecule has 1 aromatic carbocycles. The van der Waals surface area contributed by atoms with Crippen LogP contribution in [0.4, 0.5) is 5.69 Å². The van der Waals surface area contributed by atoms with E-state index in [2.05, 4.69) is 20.6 Å². The largest absolute Gasteiger partial charge is 0.492 e. The van der Waals surface area contributed by atoms with Gasteiger partial charge in [-0.2, -0.15) is 0 Å². The van der Waals surface area contributed by atoms with Crippen LogP contribution in [-0.2, 0) is 16.0 Å². The molecule has 2 aromatic rings. The Bertz CT molecular complexity index is 911. The fourth-order valence-corrected chi connectivity index (χ4v) is 3.18. The van der Waals surface area contributed by atoms with E-state index in [1.165, 1.54) is 6.07 Å². The number of para-hydroxylation sites is 2. The van der Waals surface area contributed by atoms with Crippen molar-refractivity contribution in [2.75, 3.05) is 17.7 Å². The van der Waals surface area contributed by atoms with Crippen LogP contribution in [0.5, 0.6) is 5.75 Å². The zero-order chi connectivity index (χ0) is 19.9.